The third-order valence-corrected chi connectivity index (χ3v) is 2.96. The van der Waals surface area contributed by atoms with Crippen molar-refractivity contribution in [2.24, 2.45) is 11.7 Å². The number of rotatable bonds is 3. The zero-order valence-corrected chi connectivity index (χ0v) is 7.84. The zero-order valence-electron chi connectivity index (χ0n) is 7.84. The van der Waals surface area contributed by atoms with Crippen LogP contribution in [0.5, 0.6) is 0 Å². The third-order valence-electron chi connectivity index (χ3n) is 2.96. The fraction of sp³-hybridized carbons (Fsp3) is 1.00. The van der Waals surface area contributed by atoms with E-state index in [-0.39, 0.29) is 0 Å². The van der Waals surface area contributed by atoms with E-state index < -0.39 is 5.60 Å². The maximum atomic E-state index is 10.2. The Kier molecular flexibility index (Phi) is 3.50. The molecule has 0 spiro atoms. The summed E-state index contributed by atoms with van der Waals surface area (Å²) in [5, 5.41) is 13.5. The lowest BCUT2D eigenvalue weighted by atomic mass is 9.78. The number of aliphatic hydroxyl groups is 1. The Balaban J connectivity index is 2.55. The van der Waals surface area contributed by atoms with E-state index in [1.54, 1.807) is 0 Å². The first kappa shape index (κ1) is 9.96. The molecule has 3 heteroatoms. The Hall–Kier alpha value is -0.120. The Morgan fingerprint density at radius 3 is 3.00 bits per heavy atom. The fourth-order valence-electron chi connectivity index (χ4n) is 2.08. The summed E-state index contributed by atoms with van der Waals surface area (Å²) in [6.45, 7) is 4.58. The lowest BCUT2D eigenvalue weighted by molar-refractivity contribution is -0.0465. The Labute approximate surface area is 74.3 Å². The summed E-state index contributed by atoms with van der Waals surface area (Å²) in [4.78, 5) is 0. The average molecular weight is 172 g/mol. The molecule has 0 aromatic carbocycles. The second-order valence-corrected chi connectivity index (χ2v) is 3.70. The smallest absolute Gasteiger partial charge is 0.0711 e. The summed E-state index contributed by atoms with van der Waals surface area (Å²) in [5.74, 6) is 0.384. The molecule has 1 fully saturated rings. The van der Waals surface area contributed by atoms with Gasteiger partial charge in [-0.1, -0.05) is 6.92 Å². The van der Waals surface area contributed by atoms with E-state index in [0.717, 1.165) is 32.4 Å². The van der Waals surface area contributed by atoms with Gasteiger partial charge < -0.3 is 16.2 Å². The van der Waals surface area contributed by atoms with Crippen LogP contribution in [-0.4, -0.2) is 30.3 Å². The highest BCUT2D eigenvalue weighted by Crippen LogP contribution is 2.29. The van der Waals surface area contributed by atoms with Crippen molar-refractivity contribution in [1.29, 1.82) is 0 Å². The van der Waals surface area contributed by atoms with Crippen molar-refractivity contribution >= 4 is 0 Å². The lowest BCUT2D eigenvalue weighted by Gasteiger charge is -2.40. The van der Waals surface area contributed by atoms with Gasteiger partial charge in [0, 0.05) is 6.54 Å². The molecule has 0 aromatic rings. The summed E-state index contributed by atoms with van der Waals surface area (Å²) in [6, 6.07) is 0. The molecule has 0 aromatic heterocycles. The van der Waals surface area contributed by atoms with E-state index in [2.05, 4.69) is 12.2 Å². The molecular formula is C9H20N2O. The number of nitrogens with one attached hydrogen (secondary N) is 1. The minimum absolute atomic E-state index is 0.384. The molecule has 72 valence electrons. The topological polar surface area (TPSA) is 58.3 Å². The highest BCUT2D eigenvalue weighted by atomic mass is 16.3. The monoisotopic (exact) mass is 172 g/mol. The molecule has 0 aliphatic carbocycles. The van der Waals surface area contributed by atoms with Gasteiger partial charge in [-0.15, -0.1) is 0 Å². The van der Waals surface area contributed by atoms with Gasteiger partial charge in [-0.3, -0.25) is 0 Å². The van der Waals surface area contributed by atoms with Gasteiger partial charge in [0.1, 0.15) is 0 Å². The second-order valence-electron chi connectivity index (χ2n) is 3.70. The maximum Gasteiger partial charge on any atom is 0.0711 e. The van der Waals surface area contributed by atoms with Gasteiger partial charge in [-0.05, 0) is 38.3 Å². The maximum absolute atomic E-state index is 10.2. The van der Waals surface area contributed by atoms with E-state index in [0.29, 0.717) is 12.5 Å². The number of hydrogen-bond acceptors (Lipinski definition) is 3. The van der Waals surface area contributed by atoms with Crippen LogP contribution < -0.4 is 11.1 Å². The molecule has 1 saturated heterocycles. The molecular weight excluding hydrogens is 152 g/mol. The molecule has 4 N–H and O–H groups in total. The molecule has 1 heterocycles. The average Bonchev–Trinajstić information content (AvgIpc) is 2.05. The first-order valence-electron chi connectivity index (χ1n) is 4.86. The first-order valence-corrected chi connectivity index (χ1v) is 4.86. The summed E-state index contributed by atoms with van der Waals surface area (Å²) < 4.78 is 0. The van der Waals surface area contributed by atoms with E-state index in [4.69, 9.17) is 5.73 Å². The van der Waals surface area contributed by atoms with E-state index in [9.17, 15) is 5.11 Å². The van der Waals surface area contributed by atoms with Crippen molar-refractivity contribution < 1.29 is 5.11 Å². The van der Waals surface area contributed by atoms with Crippen molar-refractivity contribution in [3.05, 3.63) is 0 Å². The minimum atomic E-state index is -0.491. The largest absolute Gasteiger partial charge is 0.389 e. The van der Waals surface area contributed by atoms with Gasteiger partial charge in [0.2, 0.25) is 0 Å². The molecule has 1 aliphatic heterocycles. The van der Waals surface area contributed by atoms with Gasteiger partial charge >= 0.3 is 0 Å². The summed E-state index contributed by atoms with van der Waals surface area (Å²) in [6.07, 6.45) is 2.62. The normalized spacial score (nSPS) is 36.8. The van der Waals surface area contributed by atoms with Crippen LogP contribution in [0.3, 0.4) is 0 Å². The van der Waals surface area contributed by atoms with Crippen LogP contribution in [0.15, 0.2) is 0 Å². The van der Waals surface area contributed by atoms with E-state index >= 15 is 0 Å². The molecule has 2 atom stereocenters. The molecule has 2 unspecified atom stereocenters. The second kappa shape index (κ2) is 4.21. The van der Waals surface area contributed by atoms with Gasteiger partial charge in [-0.25, -0.2) is 0 Å². The van der Waals surface area contributed by atoms with Gasteiger partial charge in [0.25, 0.3) is 0 Å². The van der Waals surface area contributed by atoms with Crippen LogP contribution in [-0.2, 0) is 0 Å². The lowest BCUT2D eigenvalue weighted by Crippen LogP contribution is -2.50. The van der Waals surface area contributed by atoms with Gasteiger partial charge in [-0.2, -0.15) is 0 Å². The number of piperidine rings is 1. The van der Waals surface area contributed by atoms with Crippen molar-refractivity contribution in [1.82, 2.24) is 5.32 Å². The quantitative estimate of drug-likeness (QED) is 0.565. The molecule has 0 amide bonds. The Morgan fingerprint density at radius 2 is 2.42 bits per heavy atom. The highest BCUT2D eigenvalue weighted by Gasteiger charge is 2.36. The predicted molar refractivity (Wildman–Crippen MR) is 49.9 cm³/mol. The summed E-state index contributed by atoms with van der Waals surface area (Å²) >= 11 is 0. The molecule has 3 nitrogen and oxygen atoms in total. The summed E-state index contributed by atoms with van der Waals surface area (Å²) in [7, 11) is 0. The van der Waals surface area contributed by atoms with Crippen LogP contribution >= 0.6 is 0 Å². The molecule has 0 radical (unpaired) electrons. The molecule has 12 heavy (non-hydrogen) atoms. The molecule has 1 aliphatic rings. The van der Waals surface area contributed by atoms with Crippen LogP contribution in [0.4, 0.5) is 0 Å². The number of hydrogen-bond donors (Lipinski definition) is 3. The van der Waals surface area contributed by atoms with Crippen LogP contribution in [0.1, 0.15) is 26.2 Å². The Bertz CT molecular complexity index is 136. The summed E-state index contributed by atoms with van der Waals surface area (Å²) in [5.41, 5.74) is 4.99. The van der Waals surface area contributed by atoms with Gasteiger partial charge in [0.15, 0.2) is 0 Å². The third kappa shape index (κ3) is 1.97. The molecule has 0 bridgehead atoms. The van der Waals surface area contributed by atoms with Crippen molar-refractivity contribution in [3.8, 4) is 0 Å². The van der Waals surface area contributed by atoms with Crippen molar-refractivity contribution in [3.63, 3.8) is 0 Å². The number of nitrogens with two attached hydrogens (primary N) is 1. The Morgan fingerprint density at radius 1 is 1.67 bits per heavy atom. The highest BCUT2D eigenvalue weighted by molar-refractivity contribution is 4.91. The van der Waals surface area contributed by atoms with E-state index in [1.807, 2.05) is 0 Å². The van der Waals surface area contributed by atoms with Crippen LogP contribution in [0.25, 0.3) is 0 Å². The van der Waals surface area contributed by atoms with E-state index in [1.165, 1.54) is 0 Å². The van der Waals surface area contributed by atoms with Crippen LogP contribution in [0.2, 0.25) is 0 Å². The van der Waals surface area contributed by atoms with Crippen molar-refractivity contribution in [2.75, 3.05) is 19.6 Å². The minimum Gasteiger partial charge on any atom is -0.389 e. The van der Waals surface area contributed by atoms with Crippen LogP contribution in [0, 0.1) is 5.92 Å². The predicted octanol–water partition coefficient (Wildman–Crippen LogP) is 0.0858. The zero-order chi connectivity index (χ0) is 9.03. The molecule has 0 saturated carbocycles. The first-order chi connectivity index (χ1) is 5.73. The molecule has 1 rings (SSSR count). The SMILES string of the molecule is CCC1CNCCC1(O)CCN. The van der Waals surface area contributed by atoms with Crippen molar-refractivity contribution in [2.45, 2.75) is 31.8 Å². The standard InChI is InChI=1S/C9H20N2O/c1-2-8-7-11-6-4-9(8,12)3-5-10/h8,11-12H,2-7,10H2,1H3. The fourth-order valence-corrected chi connectivity index (χ4v) is 2.08. The van der Waals surface area contributed by atoms with Gasteiger partial charge in [0.05, 0.1) is 5.60 Å².